The minimum absolute atomic E-state index is 0.151. The summed E-state index contributed by atoms with van der Waals surface area (Å²) in [5.41, 5.74) is -1.89. The Morgan fingerprint density at radius 3 is 2.60 bits per heavy atom. The Morgan fingerprint density at radius 2 is 2.20 bits per heavy atom. The van der Waals surface area contributed by atoms with Crippen molar-refractivity contribution < 1.29 is 18.5 Å². The number of pyridine rings is 1. The van der Waals surface area contributed by atoms with Gasteiger partial charge in [-0.2, -0.15) is 0 Å². The summed E-state index contributed by atoms with van der Waals surface area (Å²) in [7, 11) is 0. The second-order valence-electron chi connectivity index (χ2n) is 2.74. The highest BCUT2D eigenvalue weighted by molar-refractivity contribution is 5.76. The van der Waals surface area contributed by atoms with Crippen LogP contribution in [0.2, 0.25) is 0 Å². The van der Waals surface area contributed by atoms with Crippen molar-refractivity contribution in [2.75, 3.05) is 0 Å². The third-order valence-corrected chi connectivity index (χ3v) is 1.92. The molecule has 0 aliphatic heterocycles. The topological polar surface area (TPSA) is 73.1 Å². The zero-order chi connectivity index (χ0) is 11.6. The van der Waals surface area contributed by atoms with Gasteiger partial charge in [-0.05, 0) is 6.92 Å². The number of aldehydes is 1. The van der Waals surface area contributed by atoms with E-state index in [0.29, 0.717) is 0 Å². The standard InChI is InChI=1S/C8H6F2N2O3/c1-4-6(12(14)15)2-11-5(3-13)7(4)8(9)10/h2-3,8H,1H3. The molecule has 5 nitrogen and oxygen atoms in total. The summed E-state index contributed by atoms with van der Waals surface area (Å²) >= 11 is 0. The molecule has 1 aromatic heterocycles. The van der Waals surface area contributed by atoms with E-state index in [0.717, 1.165) is 13.1 Å². The van der Waals surface area contributed by atoms with Crippen LogP contribution in [-0.4, -0.2) is 16.2 Å². The maximum atomic E-state index is 12.5. The van der Waals surface area contributed by atoms with E-state index in [-0.39, 0.29) is 11.8 Å². The Morgan fingerprint density at radius 1 is 1.60 bits per heavy atom. The Balaban J connectivity index is 3.49. The molecule has 0 N–H and O–H groups in total. The lowest BCUT2D eigenvalue weighted by Gasteiger charge is -2.06. The predicted molar refractivity (Wildman–Crippen MR) is 46.0 cm³/mol. The molecule has 0 aromatic carbocycles. The van der Waals surface area contributed by atoms with Crippen molar-refractivity contribution in [2.45, 2.75) is 13.3 Å². The van der Waals surface area contributed by atoms with Gasteiger partial charge in [-0.15, -0.1) is 0 Å². The van der Waals surface area contributed by atoms with Gasteiger partial charge in [0, 0.05) is 5.56 Å². The number of nitrogens with zero attached hydrogens (tertiary/aromatic N) is 2. The summed E-state index contributed by atoms with van der Waals surface area (Å²) < 4.78 is 25.0. The number of carbonyl (C=O) groups is 1. The zero-order valence-electron chi connectivity index (χ0n) is 7.61. The van der Waals surface area contributed by atoms with Gasteiger partial charge < -0.3 is 0 Å². The second kappa shape index (κ2) is 4.07. The average molecular weight is 216 g/mol. The number of rotatable bonds is 3. The van der Waals surface area contributed by atoms with Gasteiger partial charge in [0.05, 0.1) is 10.5 Å². The number of hydrogen-bond acceptors (Lipinski definition) is 4. The lowest BCUT2D eigenvalue weighted by molar-refractivity contribution is -0.385. The molecule has 0 aliphatic carbocycles. The van der Waals surface area contributed by atoms with E-state index < -0.39 is 28.3 Å². The van der Waals surface area contributed by atoms with Crippen molar-refractivity contribution >= 4 is 12.0 Å². The number of hydrogen-bond donors (Lipinski definition) is 0. The van der Waals surface area contributed by atoms with Crippen molar-refractivity contribution in [3.8, 4) is 0 Å². The fraction of sp³-hybridized carbons (Fsp3) is 0.250. The van der Waals surface area contributed by atoms with Gasteiger partial charge in [0.1, 0.15) is 11.9 Å². The molecule has 0 amide bonds. The number of halogens is 2. The minimum Gasteiger partial charge on any atom is -0.296 e. The quantitative estimate of drug-likeness (QED) is 0.440. The molecule has 0 bridgehead atoms. The Hall–Kier alpha value is -1.92. The summed E-state index contributed by atoms with van der Waals surface area (Å²) in [6.45, 7) is 1.16. The first-order valence-electron chi connectivity index (χ1n) is 3.86. The van der Waals surface area contributed by atoms with Crippen LogP contribution < -0.4 is 0 Å². The van der Waals surface area contributed by atoms with Crippen molar-refractivity contribution in [1.29, 1.82) is 0 Å². The second-order valence-corrected chi connectivity index (χ2v) is 2.74. The number of carbonyl (C=O) groups excluding carboxylic acids is 1. The third-order valence-electron chi connectivity index (χ3n) is 1.92. The van der Waals surface area contributed by atoms with Crippen LogP contribution in [0.25, 0.3) is 0 Å². The maximum Gasteiger partial charge on any atom is 0.290 e. The number of nitro groups is 1. The molecule has 0 aliphatic rings. The van der Waals surface area contributed by atoms with Crippen LogP contribution in [0.4, 0.5) is 14.5 Å². The van der Waals surface area contributed by atoms with E-state index in [9.17, 15) is 23.7 Å². The largest absolute Gasteiger partial charge is 0.296 e. The van der Waals surface area contributed by atoms with Crippen LogP contribution in [0, 0.1) is 17.0 Å². The first kappa shape index (κ1) is 11.2. The molecule has 80 valence electrons. The van der Waals surface area contributed by atoms with E-state index in [4.69, 9.17) is 0 Å². The molecule has 1 rings (SSSR count). The normalized spacial score (nSPS) is 10.4. The molecule has 0 spiro atoms. The highest BCUT2D eigenvalue weighted by Crippen LogP contribution is 2.29. The van der Waals surface area contributed by atoms with Crippen molar-refractivity contribution in [3.05, 3.63) is 33.1 Å². The van der Waals surface area contributed by atoms with Gasteiger partial charge in [0.25, 0.3) is 12.1 Å². The smallest absolute Gasteiger partial charge is 0.290 e. The van der Waals surface area contributed by atoms with Crippen molar-refractivity contribution in [2.24, 2.45) is 0 Å². The average Bonchev–Trinajstić information content (AvgIpc) is 2.15. The van der Waals surface area contributed by atoms with E-state index in [1.165, 1.54) is 0 Å². The Labute approximate surface area is 82.9 Å². The van der Waals surface area contributed by atoms with Crippen LogP contribution in [0.5, 0.6) is 0 Å². The Kier molecular flexibility index (Phi) is 3.03. The van der Waals surface area contributed by atoms with Gasteiger partial charge in [0.2, 0.25) is 0 Å². The molecule has 0 atom stereocenters. The summed E-state index contributed by atoms with van der Waals surface area (Å²) in [5.74, 6) is 0. The van der Waals surface area contributed by atoms with E-state index in [1.807, 2.05) is 0 Å². The molecule has 0 saturated carbocycles. The molecular formula is C8H6F2N2O3. The zero-order valence-corrected chi connectivity index (χ0v) is 7.61. The number of alkyl halides is 2. The first-order chi connectivity index (χ1) is 6.99. The molecule has 1 heterocycles. The first-order valence-corrected chi connectivity index (χ1v) is 3.86. The summed E-state index contributed by atoms with van der Waals surface area (Å²) in [6.07, 6.45) is -2.01. The van der Waals surface area contributed by atoms with Crippen LogP contribution in [0.15, 0.2) is 6.20 Å². The lowest BCUT2D eigenvalue weighted by atomic mass is 10.1. The van der Waals surface area contributed by atoms with Gasteiger partial charge in [-0.25, -0.2) is 13.8 Å². The van der Waals surface area contributed by atoms with Crippen LogP contribution in [0.1, 0.15) is 28.0 Å². The fourth-order valence-corrected chi connectivity index (χ4v) is 1.18. The van der Waals surface area contributed by atoms with E-state index >= 15 is 0 Å². The van der Waals surface area contributed by atoms with Crippen molar-refractivity contribution in [3.63, 3.8) is 0 Å². The molecular weight excluding hydrogens is 210 g/mol. The molecule has 0 unspecified atom stereocenters. The molecule has 15 heavy (non-hydrogen) atoms. The predicted octanol–water partition coefficient (Wildman–Crippen LogP) is 2.05. The third kappa shape index (κ3) is 1.95. The SMILES string of the molecule is Cc1c([N+](=O)[O-])cnc(C=O)c1C(F)F. The summed E-state index contributed by atoms with van der Waals surface area (Å²) in [5, 5.41) is 10.4. The van der Waals surface area contributed by atoms with Gasteiger partial charge in [0.15, 0.2) is 6.29 Å². The number of aromatic nitrogens is 1. The molecule has 0 fully saturated rings. The van der Waals surface area contributed by atoms with Gasteiger partial charge in [-0.3, -0.25) is 14.9 Å². The van der Waals surface area contributed by atoms with Gasteiger partial charge >= 0.3 is 0 Å². The monoisotopic (exact) mass is 216 g/mol. The Bertz CT molecular complexity index is 421. The van der Waals surface area contributed by atoms with Crippen LogP contribution in [-0.2, 0) is 0 Å². The highest BCUT2D eigenvalue weighted by atomic mass is 19.3. The highest BCUT2D eigenvalue weighted by Gasteiger charge is 2.24. The van der Waals surface area contributed by atoms with Crippen molar-refractivity contribution in [1.82, 2.24) is 4.98 Å². The molecule has 1 aromatic rings. The van der Waals surface area contributed by atoms with Gasteiger partial charge in [-0.1, -0.05) is 0 Å². The van der Waals surface area contributed by atoms with E-state index in [2.05, 4.69) is 4.98 Å². The van der Waals surface area contributed by atoms with Crippen LogP contribution >= 0.6 is 0 Å². The summed E-state index contributed by atoms with van der Waals surface area (Å²) in [4.78, 5) is 23.3. The summed E-state index contributed by atoms with van der Waals surface area (Å²) in [6, 6.07) is 0. The molecule has 0 radical (unpaired) electrons. The van der Waals surface area contributed by atoms with Crippen LogP contribution in [0.3, 0.4) is 0 Å². The molecule has 7 heteroatoms. The van der Waals surface area contributed by atoms with E-state index in [1.54, 1.807) is 0 Å². The molecule has 0 saturated heterocycles. The minimum atomic E-state index is -2.96. The fourth-order valence-electron chi connectivity index (χ4n) is 1.18. The maximum absolute atomic E-state index is 12.5. The lowest BCUT2D eigenvalue weighted by Crippen LogP contribution is -2.04.